The van der Waals surface area contributed by atoms with Crippen molar-refractivity contribution in [3.05, 3.63) is 47.8 Å². The number of hydrogen-bond acceptors (Lipinski definition) is 9. The number of rotatable bonds is 2. The first-order chi connectivity index (χ1) is 22.2. The maximum absolute atomic E-state index is 13.4. The summed E-state index contributed by atoms with van der Waals surface area (Å²) in [5.41, 5.74) is 15.8. The monoisotopic (exact) mass is 630 g/mol. The Hall–Kier alpha value is -3.51. The van der Waals surface area contributed by atoms with Gasteiger partial charge < -0.3 is 29.4 Å². The molecule has 0 radical (unpaired) electrons. The molecular weight excluding hydrogens is 584 g/mol. The minimum Gasteiger partial charge on any atom is -0.465 e. The molecular formula is C35H46N6O5. The van der Waals surface area contributed by atoms with E-state index in [4.69, 9.17) is 24.9 Å². The normalized spacial score (nSPS) is 28.3. The molecule has 11 heteroatoms. The molecule has 246 valence electrons. The predicted molar refractivity (Wildman–Crippen MR) is 175 cm³/mol. The van der Waals surface area contributed by atoms with Gasteiger partial charge in [-0.1, -0.05) is 13.8 Å². The Balaban J connectivity index is 1.37. The lowest BCUT2D eigenvalue weighted by Gasteiger charge is -2.42. The van der Waals surface area contributed by atoms with Crippen LogP contribution in [0.1, 0.15) is 69.7 Å². The van der Waals surface area contributed by atoms with Crippen molar-refractivity contribution < 1.29 is 23.8 Å². The van der Waals surface area contributed by atoms with Gasteiger partial charge in [-0.05, 0) is 62.1 Å². The standard InChI is InChI=1S/C35H46N6O5/c1-5-40-27-11-10-22-17-25(27)29-30(33(44-4)31-24(32(29)40)9-6-12-37-31)35(2,3)20-46-28(42)16-21-8-7-13-41(38-21)34(43)26(36)18-23-19-39(22)14-15-45-23/h6,9-12,17,21,23,26,30,33,38H,5,7-8,13-16,18-20,36H2,1-4H3/t21-,23-,26-,30?,33-/m0/s1. The Labute approximate surface area is 270 Å². The number of aromatic nitrogens is 2. The van der Waals surface area contributed by atoms with Crippen molar-refractivity contribution in [2.24, 2.45) is 11.1 Å². The number of morpholine rings is 1. The average molecular weight is 631 g/mol. The zero-order valence-electron chi connectivity index (χ0n) is 27.3. The van der Waals surface area contributed by atoms with Crippen LogP contribution < -0.4 is 16.1 Å². The van der Waals surface area contributed by atoms with E-state index in [0.717, 1.165) is 59.5 Å². The molecule has 46 heavy (non-hydrogen) atoms. The smallest absolute Gasteiger partial charge is 0.307 e. The summed E-state index contributed by atoms with van der Waals surface area (Å²) >= 11 is 0. The number of esters is 1. The van der Waals surface area contributed by atoms with Gasteiger partial charge in [0, 0.05) is 79.0 Å². The molecule has 2 aromatic heterocycles. The van der Waals surface area contributed by atoms with Crippen molar-refractivity contribution in [1.82, 2.24) is 20.0 Å². The first kappa shape index (κ1) is 31.1. The van der Waals surface area contributed by atoms with Crippen LogP contribution in [-0.2, 0) is 30.3 Å². The van der Waals surface area contributed by atoms with Crippen molar-refractivity contribution in [2.45, 2.75) is 83.2 Å². The number of nitrogens with zero attached hydrogens (tertiary/aromatic N) is 4. The summed E-state index contributed by atoms with van der Waals surface area (Å²) in [6, 6.07) is 9.92. The predicted octanol–water partition coefficient (Wildman–Crippen LogP) is 3.90. The number of hydrogen-bond donors (Lipinski definition) is 2. The second-order valence-corrected chi connectivity index (χ2v) is 13.9. The minimum absolute atomic E-state index is 0.147. The van der Waals surface area contributed by atoms with E-state index >= 15 is 0 Å². The minimum atomic E-state index is -0.709. The molecule has 2 fully saturated rings. The lowest BCUT2D eigenvalue weighted by Crippen LogP contribution is -2.58. The quantitative estimate of drug-likeness (QED) is 0.406. The lowest BCUT2D eigenvalue weighted by atomic mass is 9.67. The fourth-order valence-electron chi connectivity index (χ4n) is 8.16. The van der Waals surface area contributed by atoms with Gasteiger partial charge in [0.25, 0.3) is 5.91 Å². The van der Waals surface area contributed by atoms with Gasteiger partial charge in [-0.3, -0.25) is 19.6 Å². The molecule has 4 aliphatic rings. The molecule has 3 N–H and O–H groups in total. The number of carbonyl (C=O) groups excluding carboxylic acids is 2. The summed E-state index contributed by atoms with van der Waals surface area (Å²) in [5, 5.41) is 2.75. The maximum Gasteiger partial charge on any atom is 0.307 e. The number of benzene rings is 1. The maximum atomic E-state index is 13.4. The third-order valence-corrected chi connectivity index (χ3v) is 10.4. The van der Waals surface area contributed by atoms with E-state index in [1.165, 1.54) is 5.56 Å². The number of carbonyl (C=O) groups is 2. The van der Waals surface area contributed by atoms with Crippen LogP contribution in [0.5, 0.6) is 0 Å². The number of anilines is 1. The van der Waals surface area contributed by atoms with Gasteiger partial charge in [-0.15, -0.1) is 0 Å². The molecule has 1 unspecified atom stereocenters. The number of amides is 1. The number of nitrogens with one attached hydrogen (secondary N) is 1. The Morgan fingerprint density at radius 1 is 1.20 bits per heavy atom. The van der Waals surface area contributed by atoms with Gasteiger partial charge >= 0.3 is 5.97 Å². The molecule has 2 saturated heterocycles. The van der Waals surface area contributed by atoms with Gasteiger partial charge in [-0.2, -0.15) is 0 Å². The summed E-state index contributed by atoms with van der Waals surface area (Å²) in [5.74, 6) is -0.608. The lowest BCUT2D eigenvalue weighted by molar-refractivity contribution is -0.151. The Kier molecular flexibility index (Phi) is 8.29. The van der Waals surface area contributed by atoms with Crippen molar-refractivity contribution >= 4 is 28.5 Å². The molecule has 5 atom stereocenters. The van der Waals surface area contributed by atoms with Crippen LogP contribution in [0.25, 0.3) is 22.2 Å². The van der Waals surface area contributed by atoms with Crippen LogP contribution in [0.3, 0.4) is 0 Å². The van der Waals surface area contributed by atoms with E-state index < -0.39 is 11.5 Å². The fourth-order valence-corrected chi connectivity index (χ4v) is 8.16. The Morgan fingerprint density at radius 3 is 2.85 bits per heavy atom. The highest BCUT2D eigenvalue weighted by atomic mass is 16.5. The van der Waals surface area contributed by atoms with Crippen LogP contribution in [-0.4, -0.2) is 84.6 Å². The van der Waals surface area contributed by atoms with Gasteiger partial charge in [0.1, 0.15) is 6.10 Å². The zero-order chi connectivity index (χ0) is 32.2. The summed E-state index contributed by atoms with van der Waals surface area (Å²) in [4.78, 5) is 33.9. The summed E-state index contributed by atoms with van der Waals surface area (Å²) in [6.07, 6.45) is 3.46. The SMILES string of the molecule is CCn1c2c3c4cc(ccc41)N1CCO[C@@H](C[C@H](N)C(=O)N4CCC[C@@H](CC(=O)OCC(C)(C)C3[C@H](OC)c3ncccc3-2)N4)C1. The van der Waals surface area contributed by atoms with Gasteiger partial charge in [0.2, 0.25) is 0 Å². The highest BCUT2D eigenvalue weighted by Crippen LogP contribution is 2.57. The number of ether oxygens (including phenoxy) is 3. The summed E-state index contributed by atoms with van der Waals surface area (Å²) < 4.78 is 20.9. The van der Waals surface area contributed by atoms with E-state index in [0.29, 0.717) is 26.1 Å². The van der Waals surface area contributed by atoms with Crippen LogP contribution in [0.2, 0.25) is 0 Å². The topological polar surface area (TPSA) is 124 Å². The average Bonchev–Trinajstić information content (AvgIpc) is 3.39. The van der Waals surface area contributed by atoms with E-state index in [9.17, 15) is 9.59 Å². The fraction of sp³-hybridized carbons (Fsp3) is 0.571. The largest absolute Gasteiger partial charge is 0.465 e. The van der Waals surface area contributed by atoms with Crippen LogP contribution in [0.15, 0.2) is 36.5 Å². The van der Waals surface area contributed by atoms with Crippen molar-refractivity contribution in [3.8, 4) is 11.3 Å². The van der Waals surface area contributed by atoms with Crippen LogP contribution in [0, 0.1) is 5.41 Å². The van der Waals surface area contributed by atoms with Crippen molar-refractivity contribution in [3.63, 3.8) is 0 Å². The van der Waals surface area contributed by atoms with E-state index in [1.54, 1.807) is 12.1 Å². The highest BCUT2D eigenvalue weighted by molar-refractivity contribution is 5.96. The molecule has 1 amide bonds. The molecule has 0 spiro atoms. The van der Waals surface area contributed by atoms with E-state index in [2.05, 4.69) is 59.9 Å². The number of fused-ring (bicyclic) bond motifs is 8. The third kappa shape index (κ3) is 5.36. The number of aryl methyl sites for hydroxylation is 1. The summed E-state index contributed by atoms with van der Waals surface area (Å²) in [6.45, 7) is 9.99. The van der Waals surface area contributed by atoms with Gasteiger partial charge in [0.05, 0.1) is 43.2 Å². The first-order valence-electron chi connectivity index (χ1n) is 16.7. The van der Waals surface area contributed by atoms with Crippen LogP contribution >= 0.6 is 0 Å². The highest BCUT2D eigenvalue weighted by Gasteiger charge is 2.47. The molecule has 7 rings (SSSR count). The molecule has 1 aliphatic carbocycles. The molecule has 11 nitrogen and oxygen atoms in total. The Bertz CT molecular complexity index is 1640. The summed E-state index contributed by atoms with van der Waals surface area (Å²) in [7, 11) is 1.75. The number of methoxy groups -OCH3 is 1. The zero-order valence-corrected chi connectivity index (χ0v) is 27.3. The number of pyridine rings is 1. The second kappa shape index (κ2) is 12.3. The van der Waals surface area contributed by atoms with Crippen LogP contribution in [0.4, 0.5) is 5.69 Å². The molecule has 5 heterocycles. The third-order valence-electron chi connectivity index (χ3n) is 10.4. The van der Waals surface area contributed by atoms with E-state index in [-0.39, 0.29) is 49.1 Å². The number of hydrazine groups is 1. The number of nitrogens with two attached hydrogens (primary N) is 1. The molecule has 0 saturated carbocycles. The van der Waals surface area contributed by atoms with Crippen molar-refractivity contribution in [1.29, 1.82) is 0 Å². The molecule has 3 aliphatic heterocycles. The molecule has 6 bridgehead atoms. The first-order valence-corrected chi connectivity index (χ1v) is 16.7. The molecule has 1 aromatic carbocycles. The van der Waals surface area contributed by atoms with Crippen molar-refractivity contribution in [2.75, 3.05) is 44.9 Å². The van der Waals surface area contributed by atoms with Gasteiger partial charge in [-0.25, -0.2) is 5.43 Å². The van der Waals surface area contributed by atoms with Gasteiger partial charge in [0.15, 0.2) is 0 Å². The Morgan fingerprint density at radius 2 is 2.04 bits per heavy atom. The second-order valence-electron chi connectivity index (χ2n) is 13.9. The molecule has 3 aromatic rings. The van der Waals surface area contributed by atoms with E-state index in [1.807, 2.05) is 12.3 Å². The number of cyclic esters (lactones) is 1.